The van der Waals surface area contributed by atoms with E-state index < -0.39 is 0 Å². The Hall–Kier alpha value is -3.07. The molecule has 3 aromatic rings. The smallest absolute Gasteiger partial charge is 0.268 e. The summed E-state index contributed by atoms with van der Waals surface area (Å²) in [7, 11) is 0. The number of H-pyrrole nitrogens is 1. The standard InChI is InChI=1S/C19H18N4O2/c1-2-12-3-4-16-14(9-12)17(15(10-20)18(24)22-16)23-7-5-13(11-23)19-21-6-8-25-19/h3-4,6,8-9,13H,2,5,7,11H2,1H3,(H,22,24). The number of hydrogen-bond acceptors (Lipinski definition) is 5. The molecule has 1 unspecified atom stereocenters. The van der Waals surface area contributed by atoms with Gasteiger partial charge in [-0.2, -0.15) is 5.26 Å². The predicted octanol–water partition coefficient (Wildman–Crippen LogP) is 2.94. The van der Waals surface area contributed by atoms with E-state index in [1.54, 1.807) is 12.5 Å². The lowest BCUT2D eigenvalue weighted by molar-refractivity contribution is 0.459. The van der Waals surface area contributed by atoms with Gasteiger partial charge in [0.05, 0.1) is 23.3 Å². The van der Waals surface area contributed by atoms with Gasteiger partial charge >= 0.3 is 0 Å². The van der Waals surface area contributed by atoms with Gasteiger partial charge in [-0.15, -0.1) is 0 Å². The third-order valence-corrected chi connectivity index (χ3v) is 4.88. The molecule has 1 fully saturated rings. The van der Waals surface area contributed by atoms with Gasteiger partial charge in [-0.1, -0.05) is 13.0 Å². The number of pyridine rings is 1. The van der Waals surface area contributed by atoms with E-state index in [9.17, 15) is 10.1 Å². The normalized spacial score (nSPS) is 17.1. The van der Waals surface area contributed by atoms with E-state index in [1.165, 1.54) is 5.56 Å². The van der Waals surface area contributed by atoms with Crippen molar-refractivity contribution in [2.24, 2.45) is 0 Å². The maximum Gasteiger partial charge on any atom is 0.268 e. The third kappa shape index (κ3) is 2.58. The first kappa shape index (κ1) is 15.5. The lowest BCUT2D eigenvalue weighted by Crippen LogP contribution is -2.25. The summed E-state index contributed by atoms with van der Waals surface area (Å²) in [5.41, 5.74) is 2.50. The fraction of sp³-hybridized carbons (Fsp3) is 0.316. The fourth-order valence-corrected chi connectivity index (χ4v) is 3.58. The van der Waals surface area contributed by atoms with Crippen LogP contribution in [0.25, 0.3) is 10.9 Å². The molecule has 1 N–H and O–H groups in total. The number of rotatable bonds is 3. The topological polar surface area (TPSA) is 85.9 Å². The van der Waals surface area contributed by atoms with Crippen molar-refractivity contribution in [3.8, 4) is 6.07 Å². The summed E-state index contributed by atoms with van der Waals surface area (Å²) < 4.78 is 5.44. The van der Waals surface area contributed by atoms with E-state index in [4.69, 9.17) is 4.42 Å². The highest BCUT2D eigenvalue weighted by Crippen LogP contribution is 2.35. The van der Waals surface area contributed by atoms with Crippen LogP contribution in [-0.2, 0) is 6.42 Å². The molecule has 0 amide bonds. The van der Waals surface area contributed by atoms with Crippen LogP contribution in [0.1, 0.15) is 36.3 Å². The zero-order valence-electron chi connectivity index (χ0n) is 14.0. The summed E-state index contributed by atoms with van der Waals surface area (Å²) in [6, 6.07) is 8.09. The monoisotopic (exact) mass is 334 g/mol. The fourth-order valence-electron chi connectivity index (χ4n) is 3.58. The summed E-state index contributed by atoms with van der Waals surface area (Å²) in [5.74, 6) is 0.884. The predicted molar refractivity (Wildman–Crippen MR) is 94.7 cm³/mol. The average Bonchev–Trinajstić information content (AvgIpc) is 3.31. The van der Waals surface area contributed by atoms with Crippen LogP contribution in [0.5, 0.6) is 0 Å². The lowest BCUT2D eigenvalue weighted by Gasteiger charge is -2.21. The van der Waals surface area contributed by atoms with Gasteiger partial charge in [-0.05, 0) is 30.5 Å². The van der Waals surface area contributed by atoms with Crippen LogP contribution in [0.15, 0.2) is 39.9 Å². The molecule has 25 heavy (non-hydrogen) atoms. The molecule has 0 radical (unpaired) electrons. The van der Waals surface area contributed by atoms with Crippen molar-refractivity contribution in [1.29, 1.82) is 5.26 Å². The Balaban J connectivity index is 1.85. The molecule has 126 valence electrons. The molecule has 1 aliphatic heterocycles. The number of nitrogens with zero attached hydrogens (tertiary/aromatic N) is 3. The molecule has 2 aromatic heterocycles. The van der Waals surface area contributed by atoms with Crippen LogP contribution in [0.3, 0.4) is 0 Å². The number of oxazole rings is 1. The van der Waals surface area contributed by atoms with E-state index in [2.05, 4.69) is 33.9 Å². The van der Waals surface area contributed by atoms with Crippen LogP contribution >= 0.6 is 0 Å². The Morgan fingerprint density at radius 2 is 2.36 bits per heavy atom. The Labute approximate surface area is 144 Å². The summed E-state index contributed by atoms with van der Waals surface area (Å²) in [5, 5.41) is 10.5. The molecule has 1 atom stereocenters. The van der Waals surface area contributed by atoms with Crippen molar-refractivity contribution < 1.29 is 4.42 Å². The van der Waals surface area contributed by atoms with Crippen molar-refractivity contribution in [2.45, 2.75) is 25.7 Å². The first-order chi connectivity index (χ1) is 12.2. The maximum absolute atomic E-state index is 12.4. The van der Waals surface area contributed by atoms with E-state index in [-0.39, 0.29) is 17.0 Å². The molecule has 1 saturated heterocycles. The van der Waals surface area contributed by atoms with Crippen LogP contribution in [0.2, 0.25) is 0 Å². The quantitative estimate of drug-likeness (QED) is 0.796. The Bertz CT molecular complexity index is 1010. The maximum atomic E-state index is 12.4. The number of nitriles is 1. The Kier molecular flexibility index (Phi) is 3.77. The van der Waals surface area contributed by atoms with Crippen molar-refractivity contribution in [3.63, 3.8) is 0 Å². The zero-order valence-corrected chi connectivity index (χ0v) is 14.0. The molecule has 1 aromatic carbocycles. The summed E-state index contributed by atoms with van der Waals surface area (Å²) in [6.45, 7) is 3.53. The first-order valence-corrected chi connectivity index (χ1v) is 8.44. The third-order valence-electron chi connectivity index (χ3n) is 4.88. The summed E-state index contributed by atoms with van der Waals surface area (Å²) >= 11 is 0. The molecule has 0 bridgehead atoms. The minimum absolute atomic E-state index is 0.172. The van der Waals surface area contributed by atoms with Crippen molar-refractivity contribution in [1.82, 2.24) is 9.97 Å². The van der Waals surface area contributed by atoms with Gasteiger partial charge in [-0.3, -0.25) is 4.79 Å². The Morgan fingerprint density at radius 3 is 3.08 bits per heavy atom. The molecule has 3 heterocycles. The Morgan fingerprint density at radius 1 is 1.48 bits per heavy atom. The first-order valence-electron chi connectivity index (χ1n) is 8.44. The van der Waals surface area contributed by atoms with E-state index in [1.807, 2.05) is 12.1 Å². The number of aryl methyl sites for hydroxylation is 1. The van der Waals surface area contributed by atoms with Crippen LogP contribution in [0, 0.1) is 11.3 Å². The number of aromatic nitrogens is 2. The van der Waals surface area contributed by atoms with Crippen molar-refractivity contribution >= 4 is 16.6 Å². The van der Waals surface area contributed by atoms with E-state index in [0.29, 0.717) is 12.4 Å². The number of aromatic amines is 1. The van der Waals surface area contributed by atoms with E-state index >= 15 is 0 Å². The highest BCUT2D eigenvalue weighted by molar-refractivity contribution is 5.95. The van der Waals surface area contributed by atoms with Gasteiger partial charge in [0.15, 0.2) is 5.89 Å². The van der Waals surface area contributed by atoms with Gasteiger partial charge in [0, 0.05) is 18.5 Å². The lowest BCUT2D eigenvalue weighted by atomic mass is 10.0. The molecule has 0 aliphatic carbocycles. The minimum Gasteiger partial charge on any atom is -0.449 e. The van der Waals surface area contributed by atoms with Crippen molar-refractivity contribution in [3.05, 3.63) is 58.0 Å². The summed E-state index contributed by atoms with van der Waals surface area (Å²) in [6.07, 6.45) is 5.01. The van der Waals surface area contributed by atoms with Gasteiger partial charge < -0.3 is 14.3 Å². The second-order valence-corrected chi connectivity index (χ2v) is 6.32. The van der Waals surface area contributed by atoms with Gasteiger partial charge in [0.2, 0.25) is 0 Å². The minimum atomic E-state index is -0.339. The summed E-state index contributed by atoms with van der Waals surface area (Å²) in [4.78, 5) is 21.6. The number of benzene rings is 1. The van der Waals surface area contributed by atoms with Gasteiger partial charge in [0.1, 0.15) is 17.9 Å². The molecule has 1 aliphatic rings. The second-order valence-electron chi connectivity index (χ2n) is 6.32. The van der Waals surface area contributed by atoms with Crippen LogP contribution in [0.4, 0.5) is 5.69 Å². The molecular formula is C19H18N4O2. The van der Waals surface area contributed by atoms with E-state index in [0.717, 1.165) is 36.0 Å². The van der Waals surface area contributed by atoms with Crippen LogP contribution < -0.4 is 10.5 Å². The number of hydrogen-bond donors (Lipinski definition) is 1. The molecule has 0 spiro atoms. The average molecular weight is 334 g/mol. The molecule has 6 heteroatoms. The molecular weight excluding hydrogens is 316 g/mol. The highest BCUT2D eigenvalue weighted by Gasteiger charge is 2.30. The van der Waals surface area contributed by atoms with Crippen LogP contribution in [-0.4, -0.2) is 23.1 Å². The zero-order chi connectivity index (χ0) is 17.4. The van der Waals surface area contributed by atoms with Crippen molar-refractivity contribution in [2.75, 3.05) is 18.0 Å². The largest absolute Gasteiger partial charge is 0.449 e. The van der Waals surface area contributed by atoms with Gasteiger partial charge in [-0.25, -0.2) is 4.98 Å². The molecule has 4 rings (SSSR count). The highest BCUT2D eigenvalue weighted by atomic mass is 16.3. The van der Waals surface area contributed by atoms with Gasteiger partial charge in [0.25, 0.3) is 5.56 Å². The SMILES string of the molecule is CCc1ccc2[nH]c(=O)c(C#N)c(N3CCC(c4ncco4)C3)c2c1. The number of nitrogens with one attached hydrogen (secondary N) is 1. The number of anilines is 1. The molecule has 6 nitrogen and oxygen atoms in total. The molecule has 0 saturated carbocycles. The number of fused-ring (bicyclic) bond motifs is 1. The second kappa shape index (κ2) is 6.10.